The van der Waals surface area contributed by atoms with Crippen LogP contribution >= 0.6 is 0 Å². The number of hydrogen-bond donors (Lipinski definition) is 1. The van der Waals surface area contributed by atoms with Crippen molar-refractivity contribution in [2.45, 2.75) is 45.1 Å². The van der Waals surface area contributed by atoms with E-state index in [4.69, 9.17) is 0 Å². The molecule has 0 saturated heterocycles. The van der Waals surface area contributed by atoms with Gasteiger partial charge in [0.25, 0.3) is 0 Å². The normalized spacial score (nSPS) is 26.8. The minimum absolute atomic E-state index is 0.135. The van der Waals surface area contributed by atoms with Gasteiger partial charge in [0.05, 0.1) is 11.6 Å². The van der Waals surface area contributed by atoms with E-state index in [0.717, 1.165) is 30.7 Å². The zero-order valence-electron chi connectivity index (χ0n) is 12.1. The zero-order chi connectivity index (χ0) is 13.9. The van der Waals surface area contributed by atoms with Crippen molar-refractivity contribution >= 4 is 10.9 Å². The van der Waals surface area contributed by atoms with Gasteiger partial charge in [0, 0.05) is 11.6 Å². The van der Waals surface area contributed by atoms with Crippen molar-refractivity contribution in [3.63, 3.8) is 0 Å². The van der Waals surface area contributed by atoms with E-state index >= 15 is 0 Å². The molecule has 0 bridgehead atoms. The number of nitrogens with zero attached hydrogens (tertiary/aromatic N) is 1. The summed E-state index contributed by atoms with van der Waals surface area (Å²) < 4.78 is 0. The van der Waals surface area contributed by atoms with Crippen molar-refractivity contribution in [1.29, 1.82) is 0 Å². The van der Waals surface area contributed by atoms with Crippen LogP contribution in [0.25, 0.3) is 10.9 Å². The van der Waals surface area contributed by atoms with Crippen LogP contribution in [0.5, 0.6) is 0 Å². The van der Waals surface area contributed by atoms with E-state index < -0.39 is 0 Å². The standard InChI is InChI=1S/C18H23NO/c1-2-13-7-8-18(20)15(11-13)12-14-9-10-19-17-6-4-3-5-16(14)17/h3-6,9-10,13,15,18,20H,2,7-8,11-12H2,1H3. The van der Waals surface area contributed by atoms with E-state index in [1.165, 1.54) is 23.8 Å². The lowest BCUT2D eigenvalue weighted by Crippen LogP contribution is -2.30. The molecule has 1 heterocycles. The van der Waals surface area contributed by atoms with Crippen molar-refractivity contribution in [2.75, 3.05) is 0 Å². The maximum Gasteiger partial charge on any atom is 0.0704 e. The Bertz CT molecular complexity index is 575. The fourth-order valence-electron chi connectivity index (χ4n) is 3.55. The molecule has 0 aliphatic heterocycles. The summed E-state index contributed by atoms with van der Waals surface area (Å²) in [6.45, 7) is 2.27. The second-order valence-electron chi connectivity index (χ2n) is 6.11. The van der Waals surface area contributed by atoms with E-state index in [-0.39, 0.29) is 6.10 Å². The molecule has 1 aliphatic carbocycles. The number of aliphatic hydroxyl groups is 1. The number of para-hydroxylation sites is 1. The smallest absolute Gasteiger partial charge is 0.0704 e. The highest BCUT2D eigenvalue weighted by Gasteiger charge is 2.28. The van der Waals surface area contributed by atoms with Gasteiger partial charge in [-0.3, -0.25) is 4.98 Å². The van der Waals surface area contributed by atoms with Gasteiger partial charge in [-0.15, -0.1) is 0 Å². The van der Waals surface area contributed by atoms with Crippen LogP contribution in [0.3, 0.4) is 0 Å². The molecule has 3 atom stereocenters. The molecule has 3 unspecified atom stereocenters. The molecule has 1 aromatic heterocycles. The van der Waals surface area contributed by atoms with Gasteiger partial charge in [-0.25, -0.2) is 0 Å². The van der Waals surface area contributed by atoms with Crippen molar-refractivity contribution < 1.29 is 5.11 Å². The van der Waals surface area contributed by atoms with Crippen molar-refractivity contribution in [2.24, 2.45) is 11.8 Å². The topological polar surface area (TPSA) is 33.1 Å². The van der Waals surface area contributed by atoms with Gasteiger partial charge in [-0.05, 0) is 55.2 Å². The van der Waals surface area contributed by atoms with E-state index in [2.05, 4.69) is 36.2 Å². The largest absolute Gasteiger partial charge is 0.393 e. The van der Waals surface area contributed by atoms with Gasteiger partial charge in [0.2, 0.25) is 0 Å². The summed E-state index contributed by atoms with van der Waals surface area (Å²) in [6, 6.07) is 10.4. The number of hydrogen-bond acceptors (Lipinski definition) is 2. The zero-order valence-corrected chi connectivity index (χ0v) is 12.1. The Labute approximate surface area is 120 Å². The number of pyridine rings is 1. The first-order valence-electron chi connectivity index (χ1n) is 7.78. The fourth-order valence-corrected chi connectivity index (χ4v) is 3.55. The molecule has 1 N–H and O–H groups in total. The molecule has 1 fully saturated rings. The third-order valence-corrected chi connectivity index (χ3v) is 4.85. The second kappa shape index (κ2) is 5.92. The van der Waals surface area contributed by atoms with Crippen LogP contribution in [0, 0.1) is 11.8 Å². The van der Waals surface area contributed by atoms with Crippen LogP contribution in [0.1, 0.15) is 38.2 Å². The second-order valence-corrected chi connectivity index (χ2v) is 6.11. The Morgan fingerprint density at radius 1 is 1.20 bits per heavy atom. The predicted molar refractivity (Wildman–Crippen MR) is 82.6 cm³/mol. The number of fused-ring (bicyclic) bond motifs is 1. The summed E-state index contributed by atoms with van der Waals surface area (Å²) in [5.41, 5.74) is 2.39. The third kappa shape index (κ3) is 2.71. The van der Waals surface area contributed by atoms with Gasteiger partial charge in [-0.1, -0.05) is 31.5 Å². The minimum atomic E-state index is -0.135. The van der Waals surface area contributed by atoms with Crippen molar-refractivity contribution in [1.82, 2.24) is 4.98 Å². The highest BCUT2D eigenvalue weighted by Crippen LogP contribution is 2.34. The van der Waals surface area contributed by atoms with Crippen LogP contribution in [-0.4, -0.2) is 16.2 Å². The Hall–Kier alpha value is -1.41. The Balaban J connectivity index is 1.85. The van der Waals surface area contributed by atoms with Gasteiger partial charge in [-0.2, -0.15) is 0 Å². The van der Waals surface area contributed by atoms with Gasteiger partial charge in [0.1, 0.15) is 0 Å². The Kier molecular flexibility index (Phi) is 4.02. The SMILES string of the molecule is CCC1CCC(O)C(Cc2ccnc3ccccc23)C1. The number of benzene rings is 1. The monoisotopic (exact) mass is 269 g/mol. The van der Waals surface area contributed by atoms with Crippen LogP contribution < -0.4 is 0 Å². The molecule has 0 spiro atoms. The first-order valence-corrected chi connectivity index (χ1v) is 7.78. The summed E-state index contributed by atoms with van der Waals surface area (Å²) in [5, 5.41) is 11.5. The predicted octanol–water partition coefficient (Wildman–Crippen LogP) is 3.96. The van der Waals surface area contributed by atoms with Crippen LogP contribution in [0.2, 0.25) is 0 Å². The highest BCUT2D eigenvalue weighted by atomic mass is 16.3. The molecule has 2 nitrogen and oxygen atoms in total. The Morgan fingerprint density at radius 3 is 2.90 bits per heavy atom. The van der Waals surface area contributed by atoms with Crippen molar-refractivity contribution in [3.8, 4) is 0 Å². The third-order valence-electron chi connectivity index (χ3n) is 4.85. The molecular formula is C18H23NO. The van der Waals surface area contributed by atoms with Crippen LogP contribution in [0.15, 0.2) is 36.5 Å². The number of rotatable bonds is 3. The highest BCUT2D eigenvalue weighted by molar-refractivity contribution is 5.81. The van der Waals surface area contributed by atoms with Gasteiger partial charge < -0.3 is 5.11 Å². The summed E-state index contributed by atoms with van der Waals surface area (Å²) >= 11 is 0. The van der Waals surface area contributed by atoms with Crippen LogP contribution in [-0.2, 0) is 6.42 Å². The molecule has 20 heavy (non-hydrogen) atoms. The summed E-state index contributed by atoms with van der Waals surface area (Å²) in [6.07, 6.45) is 7.28. The first kappa shape index (κ1) is 13.6. The van der Waals surface area contributed by atoms with Crippen molar-refractivity contribution in [3.05, 3.63) is 42.1 Å². The molecule has 2 aromatic rings. The van der Waals surface area contributed by atoms with E-state index in [1.54, 1.807) is 0 Å². The first-order chi connectivity index (χ1) is 9.78. The van der Waals surface area contributed by atoms with Crippen LogP contribution in [0.4, 0.5) is 0 Å². The lowest BCUT2D eigenvalue weighted by atomic mass is 9.75. The number of aromatic nitrogens is 1. The maximum absolute atomic E-state index is 10.3. The maximum atomic E-state index is 10.3. The van der Waals surface area contributed by atoms with Gasteiger partial charge >= 0.3 is 0 Å². The molecule has 0 amide bonds. The Morgan fingerprint density at radius 2 is 2.05 bits per heavy atom. The molecule has 3 rings (SSSR count). The molecule has 1 saturated carbocycles. The molecule has 1 aliphatic rings. The average Bonchev–Trinajstić information content (AvgIpc) is 2.50. The lowest BCUT2D eigenvalue weighted by Gasteiger charge is -2.33. The van der Waals surface area contributed by atoms with E-state index in [1.807, 2.05) is 12.3 Å². The quantitative estimate of drug-likeness (QED) is 0.914. The van der Waals surface area contributed by atoms with Gasteiger partial charge in [0.15, 0.2) is 0 Å². The molecule has 2 heteroatoms. The summed E-state index contributed by atoms with van der Waals surface area (Å²) in [4.78, 5) is 4.42. The minimum Gasteiger partial charge on any atom is -0.393 e. The fraction of sp³-hybridized carbons (Fsp3) is 0.500. The van der Waals surface area contributed by atoms with E-state index in [9.17, 15) is 5.11 Å². The molecule has 1 aromatic carbocycles. The summed E-state index contributed by atoms with van der Waals surface area (Å²) in [7, 11) is 0. The molecule has 106 valence electrons. The molecular weight excluding hydrogens is 246 g/mol. The summed E-state index contributed by atoms with van der Waals surface area (Å²) in [5.74, 6) is 1.19. The number of aliphatic hydroxyl groups excluding tert-OH is 1. The average molecular weight is 269 g/mol. The lowest BCUT2D eigenvalue weighted by molar-refractivity contribution is 0.0476. The molecule has 0 radical (unpaired) electrons. The van der Waals surface area contributed by atoms with E-state index in [0.29, 0.717) is 5.92 Å².